The maximum Gasteiger partial charge on any atom is 0.287 e. The van der Waals surface area contributed by atoms with Crippen LogP contribution in [0.15, 0.2) is 18.2 Å². The highest BCUT2D eigenvalue weighted by Crippen LogP contribution is 2.58. The molecular formula is C16H19N3O3. The van der Waals surface area contributed by atoms with Crippen LogP contribution in [0.5, 0.6) is 0 Å². The Morgan fingerprint density at radius 3 is 2.86 bits per heavy atom. The molecule has 0 aromatic heterocycles. The van der Waals surface area contributed by atoms with Gasteiger partial charge in [-0.25, -0.2) is 0 Å². The van der Waals surface area contributed by atoms with Gasteiger partial charge < -0.3 is 10.1 Å². The summed E-state index contributed by atoms with van der Waals surface area (Å²) in [4.78, 5) is 10.3. The molecule has 0 amide bonds. The lowest BCUT2D eigenvalue weighted by molar-refractivity contribution is -0.385. The van der Waals surface area contributed by atoms with E-state index in [4.69, 9.17) is 10.00 Å². The fraction of sp³-hybridized carbons (Fsp3) is 0.562. The van der Waals surface area contributed by atoms with Crippen molar-refractivity contribution in [3.63, 3.8) is 0 Å². The fourth-order valence-corrected chi connectivity index (χ4v) is 3.72. The molecule has 1 aromatic carbocycles. The summed E-state index contributed by atoms with van der Waals surface area (Å²) < 4.78 is 5.82. The van der Waals surface area contributed by atoms with Crippen LogP contribution in [-0.4, -0.2) is 23.7 Å². The number of ether oxygens (including phenoxy) is 1. The standard InChI is InChI=1S/C16H19N3O3/c1-2-22-15-9-14(16(15)6-3-7-16)18-12-4-5-13(19(20)21)11(8-12)10-17/h4-5,8,14-15,18H,2-3,6-7,9H2,1H3. The molecule has 6 heteroatoms. The van der Waals surface area contributed by atoms with Crippen LogP contribution in [-0.2, 0) is 4.74 Å². The van der Waals surface area contributed by atoms with Crippen LogP contribution in [0.3, 0.4) is 0 Å². The average molecular weight is 301 g/mol. The maximum atomic E-state index is 10.9. The van der Waals surface area contributed by atoms with Gasteiger partial charge in [-0.1, -0.05) is 6.42 Å². The van der Waals surface area contributed by atoms with Gasteiger partial charge in [0, 0.05) is 29.8 Å². The summed E-state index contributed by atoms with van der Waals surface area (Å²) in [5, 5.41) is 23.4. The van der Waals surface area contributed by atoms with Crippen LogP contribution in [0.1, 0.15) is 38.2 Å². The topological polar surface area (TPSA) is 88.2 Å². The van der Waals surface area contributed by atoms with Crippen molar-refractivity contribution in [2.24, 2.45) is 5.41 Å². The molecule has 0 radical (unpaired) electrons. The molecule has 2 saturated carbocycles. The molecule has 22 heavy (non-hydrogen) atoms. The van der Waals surface area contributed by atoms with Gasteiger partial charge in [0.1, 0.15) is 11.6 Å². The second-order valence-electron chi connectivity index (χ2n) is 6.06. The van der Waals surface area contributed by atoms with Gasteiger partial charge in [0.15, 0.2) is 0 Å². The van der Waals surface area contributed by atoms with Crippen molar-refractivity contribution in [3.8, 4) is 6.07 Å². The lowest BCUT2D eigenvalue weighted by Gasteiger charge is -2.61. The quantitative estimate of drug-likeness (QED) is 0.666. The third-order valence-corrected chi connectivity index (χ3v) is 5.09. The number of nitrogens with one attached hydrogen (secondary N) is 1. The largest absolute Gasteiger partial charge is 0.382 e. The van der Waals surface area contributed by atoms with Crippen LogP contribution in [0.4, 0.5) is 11.4 Å². The van der Waals surface area contributed by atoms with E-state index in [-0.39, 0.29) is 16.7 Å². The van der Waals surface area contributed by atoms with E-state index in [1.807, 2.05) is 13.0 Å². The van der Waals surface area contributed by atoms with Crippen molar-refractivity contribution in [2.45, 2.75) is 44.8 Å². The van der Waals surface area contributed by atoms with Gasteiger partial charge in [-0.15, -0.1) is 0 Å². The summed E-state index contributed by atoms with van der Waals surface area (Å²) in [7, 11) is 0. The van der Waals surface area contributed by atoms with E-state index in [0.717, 1.165) is 31.6 Å². The van der Waals surface area contributed by atoms with Crippen LogP contribution in [0.2, 0.25) is 0 Å². The summed E-state index contributed by atoms with van der Waals surface area (Å²) in [5.74, 6) is 0. The highest BCUT2D eigenvalue weighted by Gasteiger charge is 2.58. The van der Waals surface area contributed by atoms with Crippen molar-refractivity contribution in [1.82, 2.24) is 0 Å². The first-order valence-electron chi connectivity index (χ1n) is 7.67. The Labute approximate surface area is 129 Å². The Bertz CT molecular complexity index is 634. The summed E-state index contributed by atoms with van der Waals surface area (Å²) >= 11 is 0. The second kappa shape index (κ2) is 5.58. The fourth-order valence-electron chi connectivity index (χ4n) is 3.72. The third-order valence-electron chi connectivity index (χ3n) is 5.09. The van der Waals surface area contributed by atoms with Crippen molar-refractivity contribution in [1.29, 1.82) is 5.26 Å². The normalized spacial score (nSPS) is 24.9. The molecule has 6 nitrogen and oxygen atoms in total. The Morgan fingerprint density at radius 2 is 2.32 bits per heavy atom. The van der Waals surface area contributed by atoms with E-state index in [9.17, 15) is 10.1 Å². The number of rotatable bonds is 5. The Kier molecular flexibility index (Phi) is 3.75. The van der Waals surface area contributed by atoms with Gasteiger partial charge in [0.05, 0.1) is 11.0 Å². The predicted octanol–water partition coefficient (Wildman–Crippen LogP) is 3.23. The molecule has 2 fully saturated rings. The molecule has 2 aliphatic rings. The highest BCUT2D eigenvalue weighted by atomic mass is 16.6. The molecule has 0 heterocycles. The first kappa shape index (κ1) is 14.8. The van der Waals surface area contributed by atoms with Crippen molar-refractivity contribution < 1.29 is 9.66 Å². The summed E-state index contributed by atoms with van der Waals surface area (Å²) in [6.07, 6.45) is 4.82. The second-order valence-corrected chi connectivity index (χ2v) is 6.06. The van der Waals surface area contributed by atoms with Crippen molar-refractivity contribution in [2.75, 3.05) is 11.9 Å². The lowest BCUT2D eigenvalue weighted by atomic mass is 9.51. The minimum atomic E-state index is -0.524. The van der Waals surface area contributed by atoms with Gasteiger partial charge >= 0.3 is 0 Å². The molecule has 1 spiro atoms. The lowest BCUT2D eigenvalue weighted by Crippen LogP contribution is -2.64. The Balaban J connectivity index is 1.75. The van der Waals surface area contributed by atoms with E-state index in [1.165, 1.54) is 12.5 Å². The molecule has 1 aromatic rings. The molecule has 1 N–H and O–H groups in total. The first-order valence-corrected chi connectivity index (χ1v) is 7.67. The zero-order valence-corrected chi connectivity index (χ0v) is 12.5. The monoisotopic (exact) mass is 301 g/mol. The van der Waals surface area contributed by atoms with Crippen LogP contribution in [0.25, 0.3) is 0 Å². The molecule has 0 bridgehead atoms. The van der Waals surface area contributed by atoms with Gasteiger partial charge in [0.25, 0.3) is 5.69 Å². The predicted molar refractivity (Wildman–Crippen MR) is 81.5 cm³/mol. The molecule has 2 aliphatic carbocycles. The summed E-state index contributed by atoms with van der Waals surface area (Å²) in [6.45, 7) is 2.75. The maximum absolute atomic E-state index is 10.9. The Hall–Kier alpha value is -2.13. The minimum Gasteiger partial charge on any atom is -0.382 e. The minimum absolute atomic E-state index is 0.0957. The molecule has 0 saturated heterocycles. The zero-order chi connectivity index (χ0) is 15.7. The molecule has 3 rings (SSSR count). The van der Waals surface area contributed by atoms with Gasteiger partial charge in [-0.05, 0) is 38.3 Å². The number of nitriles is 1. The van der Waals surface area contributed by atoms with E-state index in [1.54, 1.807) is 12.1 Å². The van der Waals surface area contributed by atoms with E-state index in [0.29, 0.717) is 12.1 Å². The number of hydrogen-bond donors (Lipinski definition) is 1. The summed E-state index contributed by atoms with van der Waals surface area (Å²) in [6, 6.07) is 6.87. The van der Waals surface area contributed by atoms with Crippen molar-refractivity contribution in [3.05, 3.63) is 33.9 Å². The van der Waals surface area contributed by atoms with Gasteiger partial charge in [-0.2, -0.15) is 5.26 Å². The first-order chi connectivity index (χ1) is 10.6. The molecule has 0 aliphatic heterocycles. The number of nitrogens with zero attached hydrogens (tertiary/aromatic N) is 2. The number of hydrogen-bond acceptors (Lipinski definition) is 5. The summed E-state index contributed by atoms with van der Waals surface area (Å²) in [5.41, 5.74) is 0.934. The van der Waals surface area contributed by atoms with E-state index >= 15 is 0 Å². The number of nitro groups is 1. The number of nitro benzene ring substituents is 1. The van der Waals surface area contributed by atoms with E-state index in [2.05, 4.69) is 5.32 Å². The SMILES string of the molecule is CCOC1CC(Nc2ccc([N+](=O)[O-])c(C#N)c2)C12CCC2. The van der Waals surface area contributed by atoms with Crippen LogP contribution < -0.4 is 5.32 Å². The average Bonchev–Trinajstić information content (AvgIpc) is 2.43. The molecular weight excluding hydrogens is 282 g/mol. The van der Waals surface area contributed by atoms with E-state index < -0.39 is 4.92 Å². The zero-order valence-electron chi connectivity index (χ0n) is 12.5. The Morgan fingerprint density at radius 1 is 1.55 bits per heavy atom. The number of anilines is 1. The smallest absolute Gasteiger partial charge is 0.287 e. The molecule has 116 valence electrons. The number of benzene rings is 1. The highest BCUT2D eigenvalue weighted by molar-refractivity contribution is 5.59. The van der Waals surface area contributed by atoms with Crippen LogP contribution in [0, 0.1) is 26.9 Å². The van der Waals surface area contributed by atoms with Gasteiger partial charge in [0.2, 0.25) is 0 Å². The molecule has 2 unspecified atom stereocenters. The van der Waals surface area contributed by atoms with Crippen molar-refractivity contribution >= 4 is 11.4 Å². The van der Waals surface area contributed by atoms with Gasteiger partial charge in [-0.3, -0.25) is 10.1 Å². The van der Waals surface area contributed by atoms with Crippen LogP contribution >= 0.6 is 0 Å². The third kappa shape index (κ3) is 2.22. The molecule has 2 atom stereocenters.